The summed E-state index contributed by atoms with van der Waals surface area (Å²) in [7, 11) is 0. The lowest BCUT2D eigenvalue weighted by atomic mass is 9.73. The van der Waals surface area contributed by atoms with Crippen LogP contribution in [0.5, 0.6) is 0 Å². The number of carbonyl (C=O) groups is 3. The minimum atomic E-state index is -0.196. The summed E-state index contributed by atoms with van der Waals surface area (Å²) in [4.78, 5) is 46.6. The number of likely N-dealkylation sites (tertiary alicyclic amines) is 2. The molecule has 2 saturated heterocycles. The summed E-state index contributed by atoms with van der Waals surface area (Å²) in [6.07, 6.45) is 7.53. The van der Waals surface area contributed by atoms with Gasteiger partial charge in [-0.05, 0) is 19.3 Å². The summed E-state index contributed by atoms with van der Waals surface area (Å²) in [6, 6.07) is 0. The number of aromatic nitrogens is 2. The van der Waals surface area contributed by atoms with Gasteiger partial charge in [0.25, 0.3) is 0 Å². The zero-order valence-electron chi connectivity index (χ0n) is 15.3. The third-order valence-electron chi connectivity index (χ3n) is 5.46. The number of nitrogens with one attached hydrogen (secondary N) is 2. The zero-order chi connectivity index (χ0) is 18.6. The van der Waals surface area contributed by atoms with Gasteiger partial charge < -0.3 is 20.1 Å². The van der Waals surface area contributed by atoms with E-state index in [-0.39, 0.29) is 29.7 Å². The average molecular weight is 361 g/mol. The summed E-state index contributed by atoms with van der Waals surface area (Å²) in [5.41, 5.74) is 1.000. The van der Waals surface area contributed by atoms with Crippen molar-refractivity contribution in [2.75, 3.05) is 32.7 Å². The molecule has 142 valence electrons. The number of hydrogen-bond donors (Lipinski definition) is 2. The van der Waals surface area contributed by atoms with Crippen LogP contribution in [0.2, 0.25) is 0 Å². The van der Waals surface area contributed by atoms with Gasteiger partial charge in [-0.3, -0.25) is 14.4 Å². The SMILES string of the molecule is CC(=O)NCC(=O)N1CCC[C@@]2(CCC(=O)N(CCc3cnc[nH]3)C2)C1. The van der Waals surface area contributed by atoms with E-state index in [1.165, 1.54) is 6.92 Å². The standard InChI is InChI=1S/C18H27N5O3/c1-14(24)20-10-17(26)22-7-2-5-18(11-22)6-3-16(25)23(12-18)8-4-15-9-19-13-21-15/h9,13H,2-8,10-12H2,1H3,(H,19,21)(H,20,24)/t18-/m1/s1. The van der Waals surface area contributed by atoms with E-state index in [1.807, 2.05) is 9.80 Å². The molecule has 0 unspecified atom stereocenters. The number of carbonyl (C=O) groups excluding carboxylic acids is 3. The van der Waals surface area contributed by atoms with Crippen LogP contribution < -0.4 is 5.32 Å². The smallest absolute Gasteiger partial charge is 0.241 e. The number of imidazole rings is 1. The van der Waals surface area contributed by atoms with Gasteiger partial charge >= 0.3 is 0 Å². The molecule has 0 radical (unpaired) electrons. The molecule has 0 aromatic carbocycles. The van der Waals surface area contributed by atoms with Crippen molar-refractivity contribution in [1.82, 2.24) is 25.1 Å². The highest BCUT2D eigenvalue weighted by atomic mass is 16.2. The first-order chi connectivity index (χ1) is 12.5. The van der Waals surface area contributed by atoms with E-state index in [4.69, 9.17) is 0 Å². The summed E-state index contributed by atoms with van der Waals surface area (Å²) in [6.45, 7) is 4.22. The number of piperidine rings is 2. The molecule has 1 aromatic rings. The van der Waals surface area contributed by atoms with Crippen molar-refractivity contribution in [2.45, 2.75) is 39.0 Å². The van der Waals surface area contributed by atoms with Crippen LogP contribution in [0.15, 0.2) is 12.5 Å². The Hall–Kier alpha value is -2.38. The van der Waals surface area contributed by atoms with Gasteiger partial charge in [0.2, 0.25) is 17.7 Å². The van der Waals surface area contributed by atoms with Crippen LogP contribution in [0.25, 0.3) is 0 Å². The molecule has 0 aliphatic carbocycles. The monoisotopic (exact) mass is 361 g/mol. The van der Waals surface area contributed by atoms with E-state index in [1.54, 1.807) is 12.5 Å². The van der Waals surface area contributed by atoms with E-state index >= 15 is 0 Å². The highest BCUT2D eigenvalue weighted by molar-refractivity contribution is 5.84. The fourth-order valence-electron chi connectivity index (χ4n) is 4.05. The van der Waals surface area contributed by atoms with Gasteiger partial charge in [0, 0.05) is 63.3 Å². The third kappa shape index (κ3) is 4.42. The molecule has 0 bridgehead atoms. The predicted octanol–water partition coefficient (Wildman–Crippen LogP) is 0.320. The lowest BCUT2D eigenvalue weighted by molar-refractivity contribution is -0.143. The average Bonchev–Trinajstić information content (AvgIpc) is 3.14. The Morgan fingerprint density at radius 3 is 2.92 bits per heavy atom. The molecule has 1 spiro atoms. The van der Waals surface area contributed by atoms with Gasteiger partial charge in [0.05, 0.1) is 12.9 Å². The van der Waals surface area contributed by atoms with Crippen LogP contribution in [0.4, 0.5) is 0 Å². The number of H-pyrrole nitrogens is 1. The lowest BCUT2D eigenvalue weighted by Gasteiger charge is -2.48. The second-order valence-corrected chi connectivity index (χ2v) is 7.47. The van der Waals surface area contributed by atoms with Gasteiger partial charge in [0.1, 0.15) is 0 Å². The first-order valence-electron chi connectivity index (χ1n) is 9.25. The van der Waals surface area contributed by atoms with Crippen molar-refractivity contribution in [3.05, 3.63) is 18.2 Å². The Bertz CT molecular complexity index is 660. The molecule has 2 aliphatic rings. The van der Waals surface area contributed by atoms with Gasteiger partial charge in [-0.2, -0.15) is 0 Å². The van der Waals surface area contributed by atoms with Crippen LogP contribution in [0.3, 0.4) is 0 Å². The van der Waals surface area contributed by atoms with Crippen molar-refractivity contribution in [2.24, 2.45) is 5.41 Å². The maximum Gasteiger partial charge on any atom is 0.241 e. The molecule has 3 amide bonds. The fraction of sp³-hybridized carbons (Fsp3) is 0.667. The van der Waals surface area contributed by atoms with Gasteiger partial charge in [-0.15, -0.1) is 0 Å². The van der Waals surface area contributed by atoms with E-state index in [9.17, 15) is 14.4 Å². The Labute approximate surface area is 153 Å². The first kappa shape index (κ1) is 18.4. The van der Waals surface area contributed by atoms with Crippen LogP contribution in [-0.2, 0) is 20.8 Å². The number of hydrogen-bond acceptors (Lipinski definition) is 4. The van der Waals surface area contributed by atoms with Gasteiger partial charge in [-0.1, -0.05) is 0 Å². The molecule has 3 rings (SSSR count). The highest BCUT2D eigenvalue weighted by Gasteiger charge is 2.42. The largest absolute Gasteiger partial charge is 0.348 e. The Kier molecular flexibility index (Phi) is 5.58. The molecule has 0 saturated carbocycles. The van der Waals surface area contributed by atoms with Crippen molar-refractivity contribution >= 4 is 17.7 Å². The summed E-state index contributed by atoms with van der Waals surface area (Å²) in [5.74, 6) is -0.0460. The second kappa shape index (κ2) is 7.88. The molecule has 8 heteroatoms. The summed E-state index contributed by atoms with van der Waals surface area (Å²) >= 11 is 0. The topological polar surface area (TPSA) is 98.4 Å². The van der Waals surface area contributed by atoms with Crippen LogP contribution in [-0.4, -0.2) is 70.2 Å². The minimum Gasteiger partial charge on any atom is -0.348 e. The molecular formula is C18H27N5O3. The summed E-state index contributed by atoms with van der Waals surface area (Å²) < 4.78 is 0. The zero-order valence-corrected chi connectivity index (χ0v) is 15.3. The van der Waals surface area contributed by atoms with E-state index in [0.29, 0.717) is 26.1 Å². The highest BCUT2D eigenvalue weighted by Crippen LogP contribution is 2.38. The molecule has 1 atom stereocenters. The maximum atomic E-state index is 12.4. The van der Waals surface area contributed by atoms with E-state index in [0.717, 1.165) is 37.9 Å². The molecule has 8 nitrogen and oxygen atoms in total. The lowest BCUT2D eigenvalue weighted by Crippen LogP contribution is -2.56. The van der Waals surface area contributed by atoms with Crippen molar-refractivity contribution < 1.29 is 14.4 Å². The minimum absolute atomic E-state index is 0.0218. The Balaban J connectivity index is 1.59. The second-order valence-electron chi connectivity index (χ2n) is 7.47. The van der Waals surface area contributed by atoms with Crippen molar-refractivity contribution in [3.8, 4) is 0 Å². The number of rotatable bonds is 5. The number of aromatic amines is 1. The molecule has 2 N–H and O–H groups in total. The number of nitrogens with zero attached hydrogens (tertiary/aromatic N) is 3. The van der Waals surface area contributed by atoms with E-state index in [2.05, 4.69) is 15.3 Å². The quantitative estimate of drug-likeness (QED) is 0.789. The molecule has 2 aliphatic heterocycles. The van der Waals surface area contributed by atoms with Crippen molar-refractivity contribution in [3.63, 3.8) is 0 Å². The Morgan fingerprint density at radius 2 is 2.19 bits per heavy atom. The molecule has 2 fully saturated rings. The predicted molar refractivity (Wildman–Crippen MR) is 95.0 cm³/mol. The number of amides is 3. The van der Waals surface area contributed by atoms with Crippen LogP contribution >= 0.6 is 0 Å². The maximum absolute atomic E-state index is 12.4. The van der Waals surface area contributed by atoms with Crippen LogP contribution in [0, 0.1) is 5.41 Å². The first-order valence-corrected chi connectivity index (χ1v) is 9.25. The van der Waals surface area contributed by atoms with Gasteiger partial charge in [-0.25, -0.2) is 4.98 Å². The summed E-state index contributed by atoms with van der Waals surface area (Å²) in [5, 5.41) is 2.58. The molecular weight excluding hydrogens is 334 g/mol. The van der Waals surface area contributed by atoms with Crippen LogP contribution in [0.1, 0.15) is 38.3 Å². The van der Waals surface area contributed by atoms with Crippen molar-refractivity contribution in [1.29, 1.82) is 0 Å². The normalized spacial score (nSPS) is 23.3. The molecule has 1 aromatic heterocycles. The third-order valence-corrected chi connectivity index (χ3v) is 5.46. The molecule has 3 heterocycles. The van der Waals surface area contributed by atoms with Gasteiger partial charge in [0.15, 0.2) is 0 Å². The molecule has 26 heavy (non-hydrogen) atoms. The van der Waals surface area contributed by atoms with E-state index < -0.39 is 0 Å². The fourth-order valence-corrected chi connectivity index (χ4v) is 4.05. The Morgan fingerprint density at radius 1 is 1.35 bits per heavy atom.